The van der Waals surface area contributed by atoms with Crippen molar-refractivity contribution in [3.05, 3.63) is 57.9 Å². The number of nitrogens with zero attached hydrogens (tertiary/aromatic N) is 2. The predicted molar refractivity (Wildman–Crippen MR) is 109 cm³/mol. The number of amides is 1. The number of aromatic nitrogens is 1. The average Bonchev–Trinajstić information content (AvgIpc) is 3.30. The van der Waals surface area contributed by atoms with Crippen molar-refractivity contribution in [1.82, 2.24) is 4.98 Å². The molecular weight excluding hydrogens is 394 g/mol. The molecule has 0 saturated carbocycles. The first-order valence-corrected chi connectivity index (χ1v) is 10.2. The van der Waals surface area contributed by atoms with Gasteiger partial charge in [-0.3, -0.25) is 9.59 Å². The van der Waals surface area contributed by atoms with Gasteiger partial charge >= 0.3 is 5.97 Å². The normalized spacial score (nSPS) is 11.5. The van der Waals surface area contributed by atoms with Crippen LogP contribution in [0.4, 0.5) is 5.00 Å². The summed E-state index contributed by atoms with van der Waals surface area (Å²) < 4.78 is 5.21. The molecule has 28 heavy (non-hydrogen) atoms. The second-order valence-electron chi connectivity index (χ2n) is 6.09. The lowest BCUT2D eigenvalue weighted by atomic mass is 10.1. The van der Waals surface area contributed by atoms with E-state index < -0.39 is 18.0 Å². The second-order valence-corrected chi connectivity index (χ2v) is 7.86. The van der Waals surface area contributed by atoms with E-state index in [-0.39, 0.29) is 6.42 Å². The molecule has 0 aliphatic rings. The van der Waals surface area contributed by atoms with Crippen LogP contribution in [-0.2, 0) is 20.7 Å². The van der Waals surface area contributed by atoms with Gasteiger partial charge in [0.1, 0.15) is 16.1 Å². The van der Waals surface area contributed by atoms with Crippen LogP contribution in [0.1, 0.15) is 23.7 Å². The van der Waals surface area contributed by atoms with Gasteiger partial charge in [-0.25, -0.2) is 4.98 Å². The number of aryl methyl sites for hydroxylation is 1. The lowest BCUT2D eigenvalue weighted by molar-refractivity contribution is -0.152. The highest BCUT2D eigenvalue weighted by atomic mass is 32.1. The number of rotatable bonds is 6. The monoisotopic (exact) mass is 411 g/mol. The first kappa shape index (κ1) is 19.7. The van der Waals surface area contributed by atoms with Crippen molar-refractivity contribution in [3.8, 4) is 16.6 Å². The number of carbonyl (C=O) groups is 2. The molecule has 0 saturated heterocycles. The molecule has 6 nitrogen and oxygen atoms in total. The molecule has 8 heteroatoms. The molecule has 3 rings (SSSR count). The lowest BCUT2D eigenvalue weighted by Crippen LogP contribution is -2.30. The lowest BCUT2D eigenvalue weighted by Gasteiger charge is -2.12. The average molecular weight is 412 g/mol. The minimum atomic E-state index is -0.976. The Labute approximate surface area is 170 Å². The highest BCUT2D eigenvalue weighted by Gasteiger charge is 2.20. The fourth-order valence-corrected chi connectivity index (χ4v) is 4.00. The first-order valence-electron chi connectivity index (χ1n) is 8.45. The number of carbonyl (C=O) groups excluding carboxylic acids is 2. The van der Waals surface area contributed by atoms with Gasteiger partial charge in [0, 0.05) is 10.9 Å². The Kier molecular flexibility index (Phi) is 6.19. The molecule has 0 radical (unpaired) electrons. The van der Waals surface area contributed by atoms with E-state index in [9.17, 15) is 9.59 Å². The molecule has 0 bridgehead atoms. The Morgan fingerprint density at radius 3 is 2.89 bits per heavy atom. The van der Waals surface area contributed by atoms with Crippen molar-refractivity contribution in [3.63, 3.8) is 0 Å². The van der Waals surface area contributed by atoms with E-state index >= 15 is 0 Å². The van der Waals surface area contributed by atoms with Gasteiger partial charge in [-0.05, 0) is 31.4 Å². The third kappa shape index (κ3) is 4.82. The Hall–Kier alpha value is -3.02. The van der Waals surface area contributed by atoms with Crippen LogP contribution in [0.25, 0.3) is 10.6 Å². The van der Waals surface area contributed by atoms with Gasteiger partial charge in [-0.1, -0.05) is 23.8 Å². The van der Waals surface area contributed by atoms with Gasteiger partial charge in [0.15, 0.2) is 6.10 Å². The number of esters is 1. The van der Waals surface area contributed by atoms with Crippen molar-refractivity contribution in [2.45, 2.75) is 26.4 Å². The van der Waals surface area contributed by atoms with E-state index in [0.717, 1.165) is 16.1 Å². The number of thiophene rings is 1. The van der Waals surface area contributed by atoms with Gasteiger partial charge in [-0.2, -0.15) is 5.26 Å². The van der Waals surface area contributed by atoms with Crippen LogP contribution in [-0.4, -0.2) is 23.0 Å². The van der Waals surface area contributed by atoms with E-state index in [2.05, 4.69) is 10.3 Å². The zero-order valence-electron chi connectivity index (χ0n) is 15.3. The summed E-state index contributed by atoms with van der Waals surface area (Å²) in [6, 6.07) is 11.6. The third-order valence-electron chi connectivity index (χ3n) is 3.84. The van der Waals surface area contributed by atoms with Crippen molar-refractivity contribution >= 4 is 39.6 Å². The SMILES string of the molecule is Cc1cccc(-c2nc(CC(=O)O[C@H](C)C(=O)Nc3sccc3C#N)cs2)c1. The molecule has 1 aromatic carbocycles. The summed E-state index contributed by atoms with van der Waals surface area (Å²) in [4.78, 5) is 28.8. The minimum Gasteiger partial charge on any atom is -0.452 e. The largest absolute Gasteiger partial charge is 0.452 e. The zero-order chi connectivity index (χ0) is 20.1. The fourth-order valence-electron chi connectivity index (χ4n) is 2.45. The molecule has 1 N–H and O–H groups in total. The molecule has 0 spiro atoms. The summed E-state index contributed by atoms with van der Waals surface area (Å²) in [5.74, 6) is -1.01. The van der Waals surface area contributed by atoms with Crippen LogP contribution in [0.3, 0.4) is 0 Å². The van der Waals surface area contributed by atoms with Gasteiger partial charge in [0.25, 0.3) is 5.91 Å². The van der Waals surface area contributed by atoms with E-state index in [1.54, 1.807) is 11.4 Å². The summed E-state index contributed by atoms with van der Waals surface area (Å²) >= 11 is 2.70. The standard InChI is InChI=1S/C20H17N3O3S2/c1-12-4-3-5-14(8-12)19-22-16(11-28-19)9-17(24)26-13(2)18(25)23-20-15(10-21)6-7-27-20/h3-8,11,13H,9H2,1-2H3,(H,23,25)/t13-/m1/s1. The molecule has 1 atom stereocenters. The summed E-state index contributed by atoms with van der Waals surface area (Å²) in [7, 11) is 0. The highest BCUT2D eigenvalue weighted by molar-refractivity contribution is 7.14. The van der Waals surface area contributed by atoms with E-state index in [1.807, 2.05) is 42.6 Å². The smallest absolute Gasteiger partial charge is 0.312 e. The van der Waals surface area contributed by atoms with Gasteiger partial charge in [0.2, 0.25) is 0 Å². The van der Waals surface area contributed by atoms with Crippen LogP contribution >= 0.6 is 22.7 Å². The molecule has 0 unspecified atom stereocenters. The van der Waals surface area contributed by atoms with Crippen LogP contribution in [0.2, 0.25) is 0 Å². The Morgan fingerprint density at radius 1 is 1.32 bits per heavy atom. The molecule has 2 aromatic heterocycles. The maximum atomic E-state index is 12.2. The molecule has 0 aliphatic carbocycles. The summed E-state index contributed by atoms with van der Waals surface area (Å²) in [5, 5.41) is 16.4. The van der Waals surface area contributed by atoms with Crippen molar-refractivity contribution in [1.29, 1.82) is 5.26 Å². The van der Waals surface area contributed by atoms with Crippen LogP contribution in [0, 0.1) is 18.3 Å². The highest BCUT2D eigenvalue weighted by Crippen LogP contribution is 2.25. The fraction of sp³-hybridized carbons (Fsp3) is 0.200. The van der Waals surface area contributed by atoms with E-state index in [0.29, 0.717) is 16.3 Å². The number of nitriles is 1. The molecule has 142 valence electrons. The topological polar surface area (TPSA) is 92.1 Å². The number of anilines is 1. The van der Waals surface area contributed by atoms with Crippen LogP contribution in [0.5, 0.6) is 0 Å². The van der Waals surface area contributed by atoms with Crippen LogP contribution < -0.4 is 5.32 Å². The maximum absolute atomic E-state index is 12.2. The van der Waals surface area contributed by atoms with E-state index in [4.69, 9.17) is 10.00 Å². The second kappa shape index (κ2) is 8.78. The molecule has 1 amide bonds. The molecule has 0 aliphatic heterocycles. The molecule has 0 fully saturated rings. The van der Waals surface area contributed by atoms with Crippen molar-refractivity contribution in [2.75, 3.05) is 5.32 Å². The summed E-state index contributed by atoms with van der Waals surface area (Å²) in [5.41, 5.74) is 3.12. The predicted octanol–water partition coefficient (Wildman–Crippen LogP) is 4.16. The van der Waals surface area contributed by atoms with Crippen molar-refractivity contribution < 1.29 is 14.3 Å². The summed E-state index contributed by atoms with van der Waals surface area (Å²) in [6.45, 7) is 3.50. The Bertz CT molecular complexity index is 1050. The number of hydrogen-bond donors (Lipinski definition) is 1. The number of ether oxygens (including phenoxy) is 1. The first-order chi connectivity index (χ1) is 13.5. The van der Waals surface area contributed by atoms with Gasteiger partial charge < -0.3 is 10.1 Å². The number of nitrogens with one attached hydrogen (secondary N) is 1. The third-order valence-corrected chi connectivity index (χ3v) is 5.61. The Morgan fingerprint density at radius 2 is 2.14 bits per heavy atom. The van der Waals surface area contributed by atoms with Gasteiger partial charge in [0.05, 0.1) is 17.7 Å². The number of thiazole rings is 1. The quantitative estimate of drug-likeness (QED) is 0.615. The number of benzene rings is 1. The number of hydrogen-bond acceptors (Lipinski definition) is 7. The van der Waals surface area contributed by atoms with E-state index in [1.165, 1.54) is 29.6 Å². The molecular formula is C20H17N3O3S2. The maximum Gasteiger partial charge on any atom is 0.312 e. The summed E-state index contributed by atoms with van der Waals surface area (Å²) in [6.07, 6.45) is -0.987. The molecule has 2 heterocycles. The van der Waals surface area contributed by atoms with Crippen LogP contribution in [0.15, 0.2) is 41.1 Å². The van der Waals surface area contributed by atoms with Crippen molar-refractivity contribution in [2.24, 2.45) is 0 Å². The Balaban J connectivity index is 1.56. The molecule has 3 aromatic rings. The minimum absolute atomic E-state index is 0.0115. The zero-order valence-corrected chi connectivity index (χ0v) is 16.9. The van der Waals surface area contributed by atoms with Gasteiger partial charge in [-0.15, -0.1) is 22.7 Å².